The second-order valence-corrected chi connectivity index (χ2v) is 6.19. The third-order valence-corrected chi connectivity index (χ3v) is 4.54. The molecule has 2 aromatic heterocycles. The predicted octanol–water partition coefficient (Wildman–Crippen LogP) is 2.67. The summed E-state index contributed by atoms with van der Waals surface area (Å²) >= 11 is 0. The summed E-state index contributed by atoms with van der Waals surface area (Å²) in [4.78, 5) is 12.5. The van der Waals surface area contributed by atoms with Crippen molar-refractivity contribution in [2.75, 3.05) is 0 Å². The zero-order valence-corrected chi connectivity index (χ0v) is 13.2. The van der Waals surface area contributed by atoms with Gasteiger partial charge in [0.05, 0.1) is 17.4 Å². The van der Waals surface area contributed by atoms with Crippen LogP contribution in [0.5, 0.6) is 0 Å². The number of aromatic amines is 1. The number of halogens is 1. The Hall–Kier alpha value is -2.70. The normalized spacial score (nSPS) is 18.3. The van der Waals surface area contributed by atoms with Gasteiger partial charge < -0.3 is 9.73 Å². The summed E-state index contributed by atoms with van der Waals surface area (Å²) in [6.07, 6.45) is 2.07. The molecule has 0 aliphatic heterocycles. The van der Waals surface area contributed by atoms with Crippen molar-refractivity contribution in [3.8, 4) is 0 Å². The van der Waals surface area contributed by atoms with Crippen LogP contribution in [-0.2, 0) is 17.6 Å². The van der Waals surface area contributed by atoms with Crippen molar-refractivity contribution in [1.29, 1.82) is 0 Å². The van der Waals surface area contributed by atoms with Crippen LogP contribution in [-0.4, -0.2) is 21.3 Å². The van der Waals surface area contributed by atoms with Gasteiger partial charge in [0.1, 0.15) is 5.76 Å². The summed E-state index contributed by atoms with van der Waals surface area (Å²) in [5, 5.41) is 14.4. The number of carbonyl (C=O) groups excluding carboxylic acids is 1. The van der Waals surface area contributed by atoms with Crippen LogP contribution in [0.4, 0.5) is 4.39 Å². The van der Waals surface area contributed by atoms with Crippen LogP contribution >= 0.6 is 0 Å². The highest BCUT2D eigenvalue weighted by Gasteiger charge is 2.28. The highest BCUT2D eigenvalue weighted by Crippen LogP contribution is 2.27. The lowest BCUT2D eigenvalue weighted by Crippen LogP contribution is -2.35. The van der Waals surface area contributed by atoms with E-state index < -0.39 is 5.82 Å². The molecule has 6 nitrogen and oxygen atoms in total. The van der Waals surface area contributed by atoms with E-state index in [9.17, 15) is 9.18 Å². The second kappa shape index (κ2) is 5.74. The van der Waals surface area contributed by atoms with Crippen molar-refractivity contribution < 1.29 is 13.6 Å². The maximum atomic E-state index is 13.7. The Balaban J connectivity index is 1.48. The highest BCUT2D eigenvalue weighted by atomic mass is 19.1. The number of nitrogens with one attached hydrogen (secondary N) is 2. The van der Waals surface area contributed by atoms with E-state index in [0.717, 1.165) is 24.2 Å². The van der Waals surface area contributed by atoms with Gasteiger partial charge in [-0.15, -0.1) is 0 Å². The number of rotatable bonds is 3. The molecule has 0 saturated carbocycles. The number of hydrogen-bond donors (Lipinski definition) is 2. The van der Waals surface area contributed by atoms with Crippen LogP contribution in [0.3, 0.4) is 0 Å². The van der Waals surface area contributed by atoms with Crippen LogP contribution in [0, 0.1) is 11.7 Å². The lowest BCUT2D eigenvalue weighted by atomic mass is 9.89. The summed E-state index contributed by atoms with van der Waals surface area (Å²) in [5.74, 6) is -0.0345. The number of fused-ring (bicyclic) bond motifs is 2. The highest BCUT2D eigenvalue weighted by molar-refractivity contribution is 5.81. The van der Waals surface area contributed by atoms with Gasteiger partial charge in [0.2, 0.25) is 5.91 Å². The van der Waals surface area contributed by atoms with Gasteiger partial charge >= 0.3 is 0 Å². The molecule has 1 aliphatic carbocycles. The molecule has 0 saturated heterocycles. The van der Waals surface area contributed by atoms with Gasteiger partial charge in [-0.3, -0.25) is 4.79 Å². The average molecular weight is 328 g/mol. The number of aromatic nitrogens is 3. The number of H-pyrrole nitrogens is 1. The van der Waals surface area contributed by atoms with Gasteiger partial charge in [-0.2, -0.15) is 15.4 Å². The van der Waals surface area contributed by atoms with Crippen molar-refractivity contribution in [2.24, 2.45) is 5.92 Å². The fourth-order valence-electron chi connectivity index (χ4n) is 3.17. The number of amides is 1. The first kappa shape index (κ1) is 14.9. The molecule has 0 spiro atoms. The number of para-hydroxylation sites is 1. The monoisotopic (exact) mass is 328 g/mol. The first-order valence-corrected chi connectivity index (χ1v) is 7.98. The van der Waals surface area contributed by atoms with E-state index in [1.165, 1.54) is 6.07 Å². The Kier molecular flexibility index (Phi) is 3.55. The molecule has 2 atom stereocenters. The smallest absolute Gasteiger partial charge is 0.224 e. The molecule has 4 rings (SSSR count). The Labute approximate surface area is 137 Å². The van der Waals surface area contributed by atoms with Crippen molar-refractivity contribution in [2.45, 2.75) is 32.2 Å². The largest absolute Gasteiger partial charge is 0.456 e. The van der Waals surface area contributed by atoms with Crippen LogP contribution < -0.4 is 5.32 Å². The minimum atomic E-state index is -0.400. The number of carbonyl (C=O) groups is 1. The van der Waals surface area contributed by atoms with E-state index in [4.69, 9.17) is 4.42 Å². The van der Waals surface area contributed by atoms with Crippen molar-refractivity contribution in [3.05, 3.63) is 47.2 Å². The first-order valence-electron chi connectivity index (χ1n) is 7.98. The third-order valence-electron chi connectivity index (χ3n) is 4.54. The van der Waals surface area contributed by atoms with E-state index in [1.807, 2.05) is 6.92 Å². The number of nitrogens with zero attached hydrogens (tertiary/aromatic N) is 2. The van der Waals surface area contributed by atoms with Gasteiger partial charge in [-0.25, -0.2) is 4.39 Å². The van der Waals surface area contributed by atoms with Gasteiger partial charge in [0.25, 0.3) is 0 Å². The second-order valence-electron chi connectivity index (χ2n) is 6.19. The zero-order valence-electron chi connectivity index (χ0n) is 13.2. The minimum Gasteiger partial charge on any atom is -0.456 e. The summed E-state index contributed by atoms with van der Waals surface area (Å²) in [5.41, 5.74) is 2.03. The topological polar surface area (TPSA) is 83.8 Å². The third kappa shape index (κ3) is 2.55. The molecule has 124 valence electrons. The summed E-state index contributed by atoms with van der Waals surface area (Å²) < 4.78 is 19.3. The van der Waals surface area contributed by atoms with Crippen LogP contribution in [0.15, 0.2) is 28.7 Å². The molecule has 0 fully saturated rings. The van der Waals surface area contributed by atoms with Gasteiger partial charge in [-0.05, 0) is 31.9 Å². The van der Waals surface area contributed by atoms with Gasteiger partial charge in [-0.1, -0.05) is 12.1 Å². The molecule has 24 heavy (non-hydrogen) atoms. The molecule has 7 heteroatoms. The number of furan rings is 1. The molecule has 0 bridgehead atoms. The molecule has 0 unspecified atom stereocenters. The SMILES string of the molecule is C[C@@H](NC(=O)[C@H]1CCc2n[nH]nc2C1)c1cc2cccc(F)c2o1. The fourth-order valence-corrected chi connectivity index (χ4v) is 3.17. The summed E-state index contributed by atoms with van der Waals surface area (Å²) in [6.45, 7) is 1.83. The Morgan fingerprint density at radius 3 is 3.08 bits per heavy atom. The number of hydrogen-bond acceptors (Lipinski definition) is 4. The molecule has 2 N–H and O–H groups in total. The Bertz CT molecular complexity index is 901. The molecule has 1 amide bonds. The average Bonchev–Trinajstić information content (AvgIpc) is 3.21. The summed E-state index contributed by atoms with van der Waals surface area (Å²) in [7, 11) is 0. The Morgan fingerprint density at radius 1 is 1.42 bits per heavy atom. The van der Waals surface area contributed by atoms with E-state index in [-0.39, 0.29) is 23.4 Å². The minimum absolute atomic E-state index is 0.0444. The van der Waals surface area contributed by atoms with E-state index in [2.05, 4.69) is 20.7 Å². The van der Waals surface area contributed by atoms with E-state index in [1.54, 1.807) is 18.2 Å². The molecular formula is C17H17FN4O2. The maximum Gasteiger partial charge on any atom is 0.224 e. The van der Waals surface area contributed by atoms with Crippen LogP contribution in [0.1, 0.15) is 36.5 Å². The predicted molar refractivity (Wildman–Crippen MR) is 84.6 cm³/mol. The van der Waals surface area contributed by atoms with E-state index >= 15 is 0 Å². The zero-order chi connectivity index (χ0) is 16.7. The first-order chi connectivity index (χ1) is 11.6. The number of aryl methyl sites for hydroxylation is 1. The van der Waals surface area contributed by atoms with Crippen LogP contribution in [0.2, 0.25) is 0 Å². The standard InChI is InChI=1S/C17H17FN4O2/c1-9(15-8-10-3-2-4-12(18)16(10)24-15)19-17(23)11-5-6-13-14(7-11)21-22-20-13/h2-4,8-9,11H,5-7H2,1H3,(H,19,23)(H,20,21,22)/t9-,11+/m1/s1. The molecule has 0 radical (unpaired) electrons. The van der Waals surface area contributed by atoms with Crippen molar-refractivity contribution >= 4 is 16.9 Å². The maximum absolute atomic E-state index is 13.7. The molecule has 1 aromatic carbocycles. The molecule has 2 heterocycles. The van der Waals surface area contributed by atoms with Crippen LogP contribution in [0.25, 0.3) is 11.0 Å². The molecule has 1 aliphatic rings. The number of benzene rings is 1. The van der Waals surface area contributed by atoms with Crippen molar-refractivity contribution in [3.63, 3.8) is 0 Å². The van der Waals surface area contributed by atoms with Gasteiger partial charge in [0, 0.05) is 17.7 Å². The molecule has 3 aromatic rings. The Morgan fingerprint density at radius 2 is 2.25 bits per heavy atom. The van der Waals surface area contributed by atoms with Gasteiger partial charge in [0.15, 0.2) is 11.4 Å². The molecular weight excluding hydrogens is 311 g/mol. The fraction of sp³-hybridized carbons (Fsp3) is 0.353. The lowest BCUT2D eigenvalue weighted by molar-refractivity contribution is -0.126. The van der Waals surface area contributed by atoms with E-state index in [0.29, 0.717) is 17.6 Å². The lowest BCUT2D eigenvalue weighted by Gasteiger charge is -2.21. The van der Waals surface area contributed by atoms with Crippen molar-refractivity contribution in [1.82, 2.24) is 20.7 Å². The quantitative estimate of drug-likeness (QED) is 0.774. The summed E-state index contributed by atoms with van der Waals surface area (Å²) in [6, 6.07) is 6.21.